The Bertz CT molecular complexity index is 1870. The molecule has 1 unspecified atom stereocenters. The molecule has 2 aliphatic heterocycles. The zero-order valence-corrected chi connectivity index (χ0v) is 24.7. The molecule has 2 N–H and O–H groups in total. The van der Waals surface area contributed by atoms with E-state index < -0.39 is 0 Å². The minimum atomic E-state index is -0.361. The van der Waals surface area contributed by atoms with Crippen LogP contribution >= 0.6 is 11.6 Å². The molecule has 0 radical (unpaired) electrons. The highest BCUT2D eigenvalue weighted by Gasteiger charge is 2.44. The number of benzene rings is 2. The van der Waals surface area contributed by atoms with Crippen molar-refractivity contribution in [1.29, 1.82) is 0 Å². The van der Waals surface area contributed by atoms with Crippen LogP contribution in [-0.4, -0.2) is 60.8 Å². The molecular formula is C31H32ClFN8O2. The Morgan fingerprint density at radius 3 is 2.74 bits per heavy atom. The van der Waals surface area contributed by atoms with Crippen molar-refractivity contribution in [2.75, 3.05) is 31.1 Å². The van der Waals surface area contributed by atoms with E-state index in [0.717, 1.165) is 62.3 Å². The number of ether oxygens (including phenoxy) is 1. The van der Waals surface area contributed by atoms with Crippen LogP contribution in [0.2, 0.25) is 5.28 Å². The van der Waals surface area contributed by atoms with Crippen molar-refractivity contribution in [2.24, 2.45) is 5.41 Å². The number of hydrogen-bond acceptors (Lipinski definition) is 7. The molecular weight excluding hydrogens is 571 g/mol. The zero-order chi connectivity index (χ0) is 29.7. The Morgan fingerprint density at radius 2 is 1.88 bits per heavy atom. The summed E-state index contributed by atoms with van der Waals surface area (Å²) < 4.78 is 22.7. The van der Waals surface area contributed by atoms with Gasteiger partial charge in [-0.2, -0.15) is 10.1 Å². The highest BCUT2D eigenvalue weighted by Crippen LogP contribution is 2.44. The number of fused-ring (bicyclic) bond motifs is 1. The van der Waals surface area contributed by atoms with Gasteiger partial charge in [0.15, 0.2) is 11.6 Å². The Morgan fingerprint density at radius 1 is 1.05 bits per heavy atom. The van der Waals surface area contributed by atoms with Gasteiger partial charge in [0.2, 0.25) is 5.28 Å². The monoisotopic (exact) mass is 602 g/mol. The molecule has 10 nitrogen and oxygen atoms in total. The number of nitrogens with one attached hydrogen (secondary N) is 2. The van der Waals surface area contributed by atoms with Gasteiger partial charge in [-0.3, -0.25) is 9.58 Å². The molecule has 1 atom stereocenters. The van der Waals surface area contributed by atoms with E-state index in [0.29, 0.717) is 22.9 Å². The molecule has 0 bridgehead atoms. The molecule has 3 aromatic heterocycles. The normalized spacial score (nSPS) is 19.0. The van der Waals surface area contributed by atoms with Crippen molar-refractivity contribution in [1.82, 2.24) is 34.6 Å². The SMILES string of the molecule is CC(C)n1nccc1-c1cc(F)ccc1Oc1cnc(Cl)nc1N1CCC2(CCN(Cc3ccc4[nH]c(=O)[nH]c4c3)C2)C1. The van der Waals surface area contributed by atoms with E-state index in [1.807, 2.05) is 36.7 Å². The van der Waals surface area contributed by atoms with E-state index in [-0.39, 0.29) is 28.2 Å². The average molecular weight is 603 g/mol. The fourth-order valence-corrected chi connectivity index (χ4v) is 6.67. The number of H-pyrrole nitrogens is 2. The molecule has 0 aliphatic carbocycles. The van der Waals surface area contributed by atoms with Crippen molar-refractivity contribution < 1.29 is 9.13 Å². The van der Waals surface area contributed by atoms with Gasteiger partial charge in [0.25, 0.3) is 0 Å². The Kier molecular flexibility index (Phi) is 6.94. The number of aromatic amines is 2. The lowest BCUT2D eigenvalue weighted by molar-refractivity contribution is 0.270. The molecule has 222 valence electrons. The molecule has 0 amide bonds. The summed E-state index contributed by atoms with van der Waals surface area (Å²) in [6.07, 6.45) is 5.38. The second-order valence-electron chi connectivity index (χ2n) is 11.9. The predicted octanol–water partition coefficient (Wildman–Crippen LogP) is 5.78. The highest BCUT2D eigenvalue weighted by atomic mass is 35.5. The Balaban J connectivity index is 1.11. The summed E-state index contributed by atoms with van der Waals surface area (Å²) in [7, 11) is 0. The van der Waals surface area contributed by atoms with Crippen molar-refractivity contribution in [2.45, 2.75) is 39.3 Å². The Hall–Kier alpha value is -4.22. The third kappa shape index (κ3) is 5.38. The second kappa shape index (κ2) is 10.8. The number of rotatable bonds is 7. The predicted molar refractivity (Wildman–Crippen MR) is 163 cm³/mol. The van der Waals surface area contributed by atoms with E-state index in [1.165, 1.54) is 17.7 Å². The van der Waals surface area contributed by atoms with E-state index in [9.17, 15) is 9.18 Å². The summed E-state index contributed by atoms with van der Waals surface area (Å²) >= 11 is 6.30. The van der Waals surface area contributed by atoms with Crippen LogP contribution in [0, 0.1) is 11.2 Å². The van der Waals surface area contributed by atoms with Gasteiger partial charge in [0, 0.05) is 49.4 Å². The molecule has 0 saturated carbocycles. The molecule has 43 heavy (non-hydrogen) atoms. The van der Waals surface area contributed by atoms with Gasteiger partial charge in [-0.25, -0.2) is 14.2 Å². The van der Waals surface area contributed by atoms with Crippen molar-refractivity contribution >= 4 is 28.5 Å². The first-order chi connectivity index (χ1) is 20.7. The van der Waals surface area contributed by atoms with Gasteiger partial charge in [0.05, 0.1) is 22.9 Å². The maximum atomic E-state index is 14.4. The van der Waals surface area contributed by atoms with Crippen LogP contribution in [0.1, 0.15) is 38.3 Å². The minimum Gasteiger partial charge on any atom is -0.451 e. The maximum absolute atomic E-state index is 14.4. The smallest absolute Gasteiger partial charge is 0.323 e. The average Bonchev–Trinajstić information content (AvgIpc) is 3.77. The first-order valence-electron chi connectivity index (χ1n) is 14.5. The van der Waals surface area contributed by atoms with Gasteiger partial charge < -0.3 is 19.6 Å². The summed E-state index contributed by atoms with van der Waals surface area (Å²) in [6, 6.07) is 12.5. The van der Waals surface area contributed by atoms with Crippen LogP contribution in [0.4, 0.5) is 10.2 Å². The molecule has 2 aliphatic rings. The van der Waals surface area contributed by atoms with E-state index in [1.54, 1.807) is 18.5 Å². The summed E-state index contributed by atoms with van der Waals surface area (Å²) in [6.45, 7) is 8.44. The van der Waals surface area contributed by atoms with Crippen LogP contribution in [0.3, 0.4) is 0 Å². The number of hydrogen-bond donors (Lipinski definition) is 2. The van der Waals surface area contributed by atoms with Crippen molar-refractivity contribution in [3.05, 3.63) is 82.0 Å². The van der Waals surface area contributed by atoms with Gasteiger partial charge in [-0.05, 0) is 86.8 Å². The van der Waals surface area contributed by atoms with Crippen LogP contribution < -0.4 is 15.3 Å². The van der Waals surface area contributed by atoms with Crippen LogP contribution in [0.15, 0.2) is 59.7 Å². The molecule has 7 rings (SSSR count). The fourth-order valence-electron chi connectivity index (χ4n) is 6.54. The number of nitrogens with zero attached hydrogens (tertiary/aromatic N) is 6. The van der Waals surface area contributed by atoms with Crippen molar-refractivity contribution in [3.8, 4) is 22.8 Å². The molecule has 12 heteroatoms. The summed E-state index contributed by atoms with van der Waals surface area (Å²) in [5.74, 6) is 1.22. The lowest BCUT2D eigenvalue weighted by Crippen LogP contribution is -2.31. The van der Waals surface area contributed by atoms with E-state index in [2.05, 4.69) is 40.9 Å². The van der Waals surface area contributed by atoms with Crippen LogP contribution in [0.5, 0.6) is 11.5 Å². The number of imidazole rings is 1. The fraction of sp³-hybridized carbons (Fsp3) is 0.355. The van der Waals surface area contributed by atoms with Crippen molar-refractivity contribution in [3.63, 3.8) is 0 Å². The van der Waals surface area contributed by atoms with Gasteiger partial charge in [-0.15, -0.1) is 0 Å². The van der Waals surface area contributed by atoms with Crippen LogP contribution in [0.25, 0.3) is 22.3 Å². The zero-order valence-electron chi connectivity index (χ0n) is 24.0. The standard InChI is InChI=1S/C31H32ClFN8O2/c1-19(2)41-25(7-10-35-41)22-14-21(33)4-6-26(22)43-27-15-34-29(32)38-28(27)40-12-9-31(18-40)8-11-39(17-31)16-20-3-5-23-24(13-20)37-30(42)36-23/h3-7,10,13-15,19H,8-9,11-12,16-18H2,1-2H3,(H2,36,37,42). The lowest BCUT2D eigenvalue weighted by Gasteiger charge is -2.26. The first-order valence-corrected chi connectivity index (χ1v) is 14.9. The molecule has 2 aromatic carbocycles. The number of aromatic nitrogens is 6. The maximum Gasteiger partial charge on any atom is 0.323 e. The molecule has 5 heterocycles. The highest BCUT2D eigenvalue weighted by molar-refractivity contribution is 6.28. The lowest BCUT2D eigenvalue weighted by atomic mass is 9.86. The second-order valence-corrected chi connectivity index (χ2v) is 12.3. The molecule has 1 spiro atoms. The van der Waals surface area contributed by atoms with Gasteiger partial charge in [0.1, 0.15) is 11.6 Å². The van der Waals surface area contributed by atoms with Crippen LogP contribution in [-0.2, 0) is 6.54 Å². The quantitative estimate of drug-likeness (QED) is 0.227. The minimum absolute atomic E-state index is 0.0860. The van der Waals surface area contributed by atoms with E-state index in [4.69, 9.17) is 16.3 Å². The molecule has 2 fully saturated rings. The molecule has 5 aromatic rings. The topological polar surface area (TPSA) is 108 Å². The Labute approximate surface area is 252 Å². The number of halogens is 2. The largest absolute Gasteiger partial charge is 0.451 e. The summed E-state index contributed by atoms with van der Waals surface area (Å²) in [4.78, 5) is 30.8. The summed E-state index contributed by atoms with van der Waals surface area (Å²) in [5.41, 5.74) is 4.09. The summed E-state index contributed by atoms with van der Waals surface area (Å²) in [5, 5.41) is 4.56. The third-order valence-corrected chi connectivity index (χ3v) is 8.73. The number of anilines is 1. The van der Waals surface area contributed by atoms with E-state index >= 15 is 0 Å². The van der Waals surface area contributed by atoms with Gasteiger partial charge >= 0.3 is 5.69 Å². The molecule has 2 saturated heterocycles. The number of likely N-dealkylation sites (tertiary alicyclic amines) is 1. The van der Waals surface area contributed by atoms with Gasteiger partial charge in [-0.1, -0.05) is 6.07 Å². The third-order valence-electron chi connectivity index (χ3n) is 8.55. The first kappa shape index (κ1) is 27.6.